The third-order valence-electron chi connectivity index (χ3n) is 4.93. The van der Waals surface area contributed by atoms with Crippen LogP contribution in [-0.2, 0) is 23.0 Å². The lowest BCUT2D eigenvalue weighted by atomic mass is 9.95. The van der Waals surface area contributed by atoms with Crippen molar-refractivity contribution in [2.24, 2.45) is 12.8 Å². The normalized spacial score (nSPS) is 12.0. The van der Waals surface area contributed by atoms with Gasteiger partial charge in [0.05, 0.1) is 25.3 Å². The van der Waals surface area contributed by atoms with E-state index in [4.69, 9.17) is 15.2 Å². The number of benzene rings is 1. The van der Waals surface area contributed by atoms with E-state index in [9.17, 15) is 9.59 Å². The maximum atomic E-state index is 13.0. The highest BCUT2D eigenvalue weighted by Crippen LogP contribution is 2.33. The fourth-order valence-electron chi connectivity index (χ4n) is 3.28. The number of aromatic nitrogens is 2. The highest BCUT2D eigenvalue weighted by atomic mass is 16.5. The molecule has 0 saturated heterocycles. The predicted molar refractivity (Wildman–Crippen MR) is 107 cm³/mol. The fraction of sp³-hybridized carbons (Fsp3) is 0.286. The molecule has 2 aromatic heterocycles. The second kappa shape index (κ2) is 7.82. The van der Waals surface area contributed by atoms with Crippen LogP contribution < -0.4 is 16.0 Å². The summed E-state index contributed by atoms with van der Waals surface area (Å²) in [6, 6.07) is 8.44. The zero-order valence-electron chi connectivity index (χ0n) is 16.4. The molecule has 1 aromatic carbocycles. The number of hydrogen-bond acceptors (Lipinski definition) is 6. The minimum absolute atomic E-state index is 0.164. The molecular weight excluding hydrogens is 358 g/mol. The first-order valence-electron chi connectivity index (χ1n) is 8.84. The van der Waals surface area contributed by atoms with E-state index < -0.39 is 12.0 Å². The van der Waals surface area contributed by atoms with Crippen LogP contribution in [0.5, 0.6) is 5.75 Å². The molecule has 0 aliphatic heterocycles. The fourth-order valence-corrected chi connectivity index (χ4v) is 3.28. The van der Waals surface area contributed by atoms with Gasteiger partial charge in [0.25, 0.3) is 5.56 Å². The highest BCUT2D eigenvalue weighted by Gasteiger charge is 2.20. The van der Waals surface area contributed by atoms with Crippen molar-refractivity contribution in [2.45, 2.75) is 19.4 Å². The summed E-state index contributed by atoms with van der Waals surface area (Å²) >= 11 is 0. The average molecular weight is 381 g/mol. The van der Waals surface area contributed by atoms with Crippen molar-refractivity contribution in [3.8, 4) is 16.9 Å². The highest BCUT2D eigenvalue weighted by molar-refractivity contribution is 5.97. The number of aryl methyl sites for hydroxylation is 1. The molecule has 0 amide bonds. The van der Waals surface area contributed by atoms with Crippen molar-refractivity contribution >= 4 is 16.9 Å². The summed E-state index contributed by atoms with van der Waals surface area (Å²) in [5, 5.41) is 0.823. The van der Waals surface area contributed by atoms with Crippen molar-refractivity contribution in [3.05, 3.63) is 58.1 Å². The molecule has 7 nitrogen and oxygen atoms in total. The number of carbonyl (C=O) groups is 1. The smallest absolute Gasteiger partial charge is 0.322 e. The van der Waals surface area contributed by atoms with Crippen LogP contribution in [0.15, 0.2) is 41.3 Å². The largest absolute Gasteiger partial charge is 0.496 e. The van der Waals surface area contributed by atoms with Gasteiger partial charge in [-0.15, -0.1) is 0 Å². The Labute approximate surface area is 162 Å². The van der Waals surface area contributed by atoms with Crippen molar-refractivity contribution in [1.82, 2.24) is 9.55 Å². The van der Waals surface area contributed by atoms with Crippen molar-refractivity contribution in [3.63, 3.8) is 0 Å². The van der Waals surface area contributed by atoms with Crippen molar-refractivity contribution < 1.29 is 14.3 Å². The minimum atomic E-state index is -0.777. The Hall–Kier alpha value is -3.19. The van der Waals surface area contributed by atoms with Crippen LogP contribution in [0.25, 0.3) is 22.0 Å². The van der Waals surface area contributed by atoms with Crippen LogP contribution in [0.1, 0.15) is 11.3 Å². The molecule has 0 aliphatic carbocycles. The van der Waals surface area contributed by atoms with Gasteiger partial charge in [0, 0.05) is 36.0 Å². The molecule has 3 rings (SSSR count). The number of pyridine rings is 2. The first kappa shape index (κ1) is 19.6. The summed E-state index contributed by atoms with van der Waals surface area (Å²) in [5.74, 6) is 0.0155. The van der Waals surface area contributed by atoms with Crippen LogP contribution in [0, 0.1) is 6.92 Å². The van der Waals surface area contributed by atoms with E-state index in [1.807, 2.05) is 37.3 Å². The Morgan fingerprint density at radius 1 is 1.29 bits per heavy atom. The standard InChI is InChI=1S/C21H23N3O4/c1-12-10-17(27-3)18(20(25)24(12)2)15-8-7-13(11-16(22)21(26)28-4)14-6-5-9-23-19(14)15/h5-10,16H,11,22H2,1-4H3/t16-/m0/s1. The quantitative estimate of drug-likeness (QED) is 0.679. The Morgan fingerprint density at radius 3 is 2.71 bits per heavy atom. The van der Waals surface area contributed by atoms with E-state index in [0.717, 1.165) is 16.6 Å². The summed E-state index contributed by atoms with van der Waals surface area (Å²) in [6.45, 7) is 1.85. The molecule has 7 heteroatoms. The number of ether oxygens (including phenoxy) is 2. The van der Waals surface area contributed by atoms with Gasteiger partial charge in [-0.25, -0.2) is 0 Å². The van der Waals surface area contributed by atoms with Gasteiger partial charge in [0.1, 0.15) is 11.8 Å². The van der Waals surface area contributed by atoms with Crippen LogP contribution in [-0.4, -0.2) is 35.8 Å². The molecule has 0 fully saturated rings. The summed E-state index contributed by atoms with van der Waals surface area (Å²) in [5.41, 5.74) is 9.19. The summed E-state index contributed by atoms with van der Waals surface area (Å²) in [7, 11) is 4.57. The molecule has 0 spiro atoms. The molecule has 0 unspecified atom stereocenters. The second-order valence-corrected chi connectivity index (χ2v) is 6.60. The molecule has 146 valence electrons. The lowest BCUT2D eigenvalue weighted by Crippen LogP contribution is -2.33. The van der Waals surface area contributed by atoms with Crippen molar-refractivity contribution in [2.75, 3.05) is 14.2 Å². The molecule has 2 N–H and O–H groups in total. The number of carbonyl (C=O) groups excluding carboxylic acids is 1. The van der Waals surface area contributed by atoms with E-state index in [1.54, 1.807) is 17.8 Å². The van der Waals surface area contributed by atoms with E-state index >= 15 is 0 Å². The molecule has 0 saturated carbocycles. The lowest BCUT2D eigenvalue weighted by Gasteiger charge is -2.16. The van der Waals surface area contributed by atoms with Crippen LogP contribution in [0.3, 0.4) is 0 Å². The van der Waals surface area contributed by atoms with Gasteiger partial charge in [0.15, 0.2) is 0 Å². The first-order chi connectivity index (χ1) is 13.4. The van der Waals surface area contributed by atoms with Gasteiger partial charge in [-0.3, -0.25) is 14.6 Å². The maximum Gasteiger partial charge on any atom is 0.322 e. The van der Waals surface area contributed by atoms with Gasteiger partial charge in [-0.1, -0.05) is 18.2 Å². The first-order valence-corrected chi connectivity index (χ1v) is 8.84. The average Bonchev–Trinajstić information content (AvgIpc) is 2.71. The minimum Gasteiger partial charge on any atom is -0.496 e. The third kappa shape index (κ3) is 3.36. The molecule has 0 aliphatic rings. The monoisotopic (exact) mass is 381 g/mol. The van der Waals surface area contributed by atoms with Crippen LogP contribution in [0.4, 0.5) is 0 Å². The topological polar surface area (TPSA) is 96.4 Å². The maximum absolute atomic E-state index is 13.0. The van der Waals surface area contributed by atoms with Gasteiger partial charge in [-0.2, -0.15) is 0 Å². The third-order valence-corrected chi connectivity index (χ3v) is 4.93. The SMILES string of the molecule is COC(=O)[C@@H](N)Cc1ccc(-c2c(OC)cc(C)n(C)c2=O)c2ncccc12. The zero-order valence-corrected chi connectivity index (χ0v) is 16.4. The van der Waals surface area contributed by atoms with Crippen LogP contribution >= 0.6 is 0 Å². The van der Waals surface area contributed by atoms with Crippen molar-refractivity contribution in [1.29, 1.82) is 0 Å². The van der Waals surface area contributed by atoms with Crippen LogP contribution in [0.2, 0.25) is 0 Å². The van der Waals surface area contributed by atoms with Gasteiger partial charge < -0.3 is 19.8 Å². The Morgan fingerprint density at radius 2 is 2.04 bits per heavy atom. The van der Waals surface area contributed by atoms with E-state index in [-0.39, 0.29) is 5.56 Å². The molecule has 0 radical (unpaired) electrons. The Bertz CT molecular complexity index is 1100. The molecule has 2 heterocycles. The van der Waals surface area contributed by atoms with Gasteiger partial charge in [-0.05, 0) is 25.0 Å². The lowest BCUT2D eigenvalue weighted by molar-refractivity contribution is -0.142. The number of hydrogen-bond donors (Lipinski definition) is 1. The summed E-state index contributed by atoms with van der Waals surface area (Å²) in [4.78, 5) is 29.2. The number of esters is 1. The Kier molecular flexibility index (Phi) is 5.46. The second-order valence-electron chi connectivity index (χ2n) is 6.60. The van der Waals surface area contributed by atoms with Gasteiger partial charge in [0.2, 0.25) is 0 Å². The molecule has 3 aromatic rings. The number of rotatable bonds is 5. The van der Waals surface area contributed by atoms with Gasteiger partial charge >= 0.3 is 5.97 Å². The van der Waals surface area contributed by atoms with E-state index in [1.165, 1.54) is 14.2 Å². The number of nitrogens with zero attached hydrogens (tertiary/aromatic N) is 2. The van der Waals surface area contributed by atoms with E-state index in [2.05, 4.69) is 4.98 Å². The molecular formula is C21H23N3O4. The molecule has 28 heavy (non-hydrogen) atoms. The number of nitrogens with two attached hydrogens (primary N) is 1. The molecule has 1 atom stereocenters. The summed E-state index contributed by atoms with van der Waals surface area (Å²) in [6.07, 6.45) is 1.97. The van der Waals surface area contributed by atoms with E-state index in [0.29, 0.717) is 28.8 Å². The predicted octanol–water partition coefficient (Wildman–Crippen LogP) is 1.96. The number of methoxy groups -OCH3 is 2. The molecule has 0 bridgehead atoms. The zero-order chi connectivity index (χ0) is 20.4. The summed E-state index contributed by atoms with van der Waals surface area (Å²) < 4.78 is 11.8. The number of fused-ring (bicyclic) bond motifs is 1. The Balaban J connectivity index is 2.24.